The minimum Gasteiger partial charge on any atom is -0.494 e. The third-order valence-electron chi connectivity index (χ3n) is 4.55. The van der Waals surface area contributed by atoms with Gasteiger partial charge in [0.05, 0.1) is 35.0 Å². The Bertz CT molecular complexity index is 949. The normalized spacial score (nSPS) is 19.6. The van der Waals surface area contributed by atoms with Crippen LogP contribution in [-0.2, 0) is 14.8 Å². The van der Waals surface area contributed by atoms with Crippen LogP contribution in [0.15, 0.2) is 53.4 Å². The molecule has 0 saturated carbocycles. The zero-order chi connectivity index (χ0) is 21.0. The molecule has 0 unspecified atom stereocenters. The number of benzene rings is 2. The van der Waals surface area contributed by atoms with Crippen molar-refractivity contribution in [1.82, 2.24) is 4.90 Å². The van der Waals surface area contributed by atoms with E-state index in [1.807, 2.05) is 20.8 Å². The quantitative estimate of drug-likeness (QED) is 0.779. The first-order valence-electron chi connectivity index (χ1n) is 9.59. The number of morpholine rings is 1. The molecule has 1 aliphatic heterocycles. The molecule has 7 nitrogen and oxygen atoms in total. The Morgan fingerprint density at radius 3 is 2.34 bits per heavy atom. The van der Waals surface area contributed by atoms with E-state index in [9.17, 15) is 13.2 Å². The predicted molar refractivity (Wildman–Crippen MR) is 111 cm³/mol. The van der Waals surface area contributed by atoms with E-state index in [0.29, 0.717) is 31.0 Å². The number of hydrogen-bond donors (Lipinski definition) is 1. The molecule has 0 radical (unpaired) electrons. The molecule has 0 aliphatic carbocycles. The highest BCUT2D eigenvalue weighted by Crippen LogP contribution is 2.24. The van der Waals surface area contributed by atoms with Gasteiger partial charge >= 0.3 is 0 Å². The van der Waals surface area contributed by atoms with Crippen molar-refractivity contribution >= 4 is 21.6 Å². The Kier molecular flexibility index (Phi) is 6.44. The number of anilines is 1. The highest BCUT2D eigenvalue weighted by atomic mass is 32.2. The first-order valence-corrected chi connectivity index (χ1v) is 11.1. The lowest BCUT2D eigenvalue weighted by molar-refractivity contribution is -0.0585. The van der Waals surface area contributed by atoms with Crippen molar-refractivity contribution in [2.45, 2.75) is 37.9 Å². The van der Waals surface area contributed by atoms with Crippen LogP contribution in [0.5, 0.6) is 5.75 Å². The Labute approximate surface area is 171 Å². The van der Waals surface area contributed by atoms with Crippen LogP contribution in [0.3, 0.4) is 0 Å². The summed E-state index contributed by atoms with van der Waals surface area (Å²) < 4.78 is 39.2. The summed E-state index contributed by atoms with van der Waals surface area (Å²) in [6.07, 6.45) is -0.147. The lowest BCUT2D eigenvalue weighted by Gasteiger charge is -2.35. The molecule has 156 valence electrons. The predicted octanol–water partition coefficient (Wildman–Crippen LogP) is 3.14. The molecule has 3 rings (SSSR count). The van der Waals surface area contributed by atoms with Crippen molar-refractivity contribution in [3.63, 3.8) is 0 Å². The SMILES string of the molecule is CCOc1ccc(S(=O)(=O)Nc2ccccc2C(=O)N2C[C@@H](C)O[C@H](C)C2)cc1. The van der Waals surface area contributed by atoms with E-state index >= 15 is 0 Å². The third-order valence-corrected chi connectivity index (χ3v) is 5.94. The van der Waals surface area contributed by atoms with Crippen LogP contribution >= 0.6 is 0 Å². The molecular formula is C21H26N2O5S. The average Bonchev–Trinajstić information content (AvgIpc) is 2.67. The molecule has 29 heavy (non-hydrogen) atoms. The van der Waals surface area contributed by atoms with Crippen molar-refractivity contribution in [2.24, 2.45) is 0 Å². The highest BCUT2D eigenvalue weighted by molar-refractivity contribution is 7.92. The fourth-order valence-electron chi connectivity index (χ4n) is 3.36. The molecule has 1 saturated heterocycles. The zero-order valence-electron chi connectivity index (χ0n) is 16.8. The Morgan fingerprint density at radius 2 is 1.72 bits per heavy atom. The van der Waals surface area contributed by atoms with Gasteiger partial charge in [0.2, 0.25) is 0 Å². The molecule has 0 spiro atoms. The second-order valence-corrected chi connectivity index (χ2v) is 8.71. The average molecular weight is 419 g/mol. The number of nitrogens with one attached hydrogen (secondary N) is 1. The van der Waals surface area contributed by atoms with E-state index in [2.05, 4.69) is 4.72 Å². The summed E-state index contributed by atoms with van der Waals surface area (Å²) in [6.45, 7) is 7.11. The molecule has 8 heteroatoms. The van der Waals surface area contributed by atoms with Crippen LogP contribution < -0.4 is 9.46 Å². The van der Waals surface area contributed by atoms with Gasteiger partial charge in [-0.1, -0.05) is 12.1 Å². The molecule has 1 amide bonds. The summed E-state index contributed by atoms with van der Waals surface area (Å²) in [6, 6.07) is 12.8. The monoisotopic (exact) mass is 418 g/mol. The third kappa shape index (κ3) is 5.07. The maximum atomic E-state index is 13.1. The van der Waals surface area contributed by atoms with Gasteiger partial charge in [0.15, 0.2) is 0 Å². The number of rotatable bonds is 6. The van der Waals surface area contributed by atoms with E-state index in [4.69, 9.17) is 9.47 Å². The van der Waals surface area contributed by atoms with Gasteiger partial charge in [0, 0.05) is 13.1 Å². The first kappa shape index (κ1) is 21.1. The minimum atomic E-state index is -3.85. The van der Waals surface area contributed by atoms with Crippen LogP contribution in [0.4, 0.5) is 5.69 Å². The van der Waals surface area contributed by atoms with Crippen LogP contribution in [0, 0.1) is 0 Å². The van der Waals surface area contributed by atoms with Gasteiger partial charge in [-0.05, 0) is 57.2 Å². The fourth-order valence-corrected chi connectivity index (χ4v) is 4.44. The van der Waals surface area contributed by atoms with Crippen LogP contribution in [-0.4, -0.2) is 51.1 Å². The van der Waals surface area contributed by atoms with Crippen molar-refractivity contribution in [2.75, 3.05) is 24.4 Å². The van der Waals surface area contributed by atoms with Gasteiger partial charge in [-0.2, -0.15) is 0 Å². The van der Waals surface area contributed by atoms with Crippen molar-refractivity contribution in [3.8, 4) is 5.75 Å². The lowest BCUT2D eigenvalue weighted by Crippen LogP contribution is -2.48. The van der Waals surface area contributed by atoms with E-state index in [1.54, 1.807) is 41.3 Å². The van der Waals surface area contributed by atoms with Crippen LogP contribution in [0.2, 0.25) is 0 Å². The van der Waals surface area contributed by atoms with Gasteiger partial charge < -0.3 is 14.4 Å². The number of para-hydroxylation sites is 1. The van der Waals surface area contributed by atoms with Crippen molar-refractivity contribution in [1.29, 1.82) is 0 Å². The smallest absolute Gasteiger partial charge is 0.261 e. The van der Waals surface area contributed by atoms with Gasteiger partial charge in [0.1, 0.15) is 5.75 Å². The van der Waals surface area contributed by atoms with E-state index in [-0.39, 0.29) is 28.7 Å². The summed E-state index contributed by atoms with van der Waals surface area (Å²) >= 11 is 0. The fraction of sp³-hybridized carbons (Fsp3) is 0.381. The molecule has 0 aromatic heterocycles. The number of amides is 1. The van der Waals surface area contributed by atoms with Gasteiger partial charge in [-0.3, -0.25) is 9.52 Å². The maximum Gasteiger partial charge on any atom is 0.261 e. The van der Waals surface area contributed by atoms with E-state index < -0.39 is 10.0 Å². The molecule has 2 aromatic rings. The number of carbonyl (C=O) groups excluding carboxylic acids is 1. The summed E-state index contributed by atoms with van der Waals surface area (Å²) in [4.78, 5) is 14.9. The highest BCUT2D eigenvalue weighted by Gasteiger charge is 2.28. The molecule has 1 heterocycles. The Morgan fingerprint density at radius 1 is 1.10 bits per heavy atom. The topological polar surface area (TPSA) is 84.9 Å². The number of carbonyl (C=O) groups is 1. The van der Waals surface area contributed by atoms with Gasteiger partial charge in [0.25, 0.3) is 15.9 Å². The number of sulfonamides is 1. The molecule has 1 fully saturated rings. The second-order valence-electron chi connectivity index (χ2n) is 7.02. The maximum absolute atomic E-state index is 13.1. The number of hydrogen-bond acceptors (Lipinski definition) is 5. The minimum absolute atomic E-state index is 0.0737. The Balaban J connectivity index is 1.84. The zero-order valence-corrected chi connectivity index (χ0v) is 17.6. The molecular weight excluding hydrogens is 392 g/mol. The largest absolute Gasteiger partial charge is 0.494 e. The standard InChI is InChI=1S/C21H26N2O5S/c1-4-27-17-9-11-18(12-10-17)29(25,26)22-20-8-6-5-7-19(20)21(24)23-13-15(2)28-16(3)14-23/h5-12,15-16,22H,4,13-14H2,1-3H3/t15-,16-/m1/s1. The Hall–Kier alpha value is -2.58. The van der Waals surface area contributed by atoms with Crippen LogP contribution in [0.25, 0.3) is 0 Å². The summed E-state index contributed by atoms with van der Waals surface area (Å²) in [5, 5.41) is 0. The molecule has 2 atom stereocenters. The second kappa shape index (κ2) is 8.84. The molecule has 2 aromatic carbocycles. The van der Waals surface area contributed by atoms with Gasteiger partial charge in [-0.25, -0.2) is 8.42 Å². The van der Waals surface area contributed by atoms with Gasteiger partial charge in [-0.15, -0.1) is 0 Å². The summed E-state index contributed by atoms with van der Waals surface area (Å²) in [5.74, 6) is 0.370. The molecule has 1 aliphatic rings. The number of nitrogens with zero attached hydrogens (tertiary/aromatic N) is 1. The van der Waals surface area contributed by atoms with E-state index in [0.717, 1.165) is 0 Å². The lowest BCUT2D eigenvalue weighted by atomic mass is 10.1. The number of ether oxygens (including phenoxy) is 2. The molecule has 1 N–H and O–H groups in total. The summed E-state index contributed by atoms with van der Waals surface area (Å²) in [7, 11) is -3.85. The van der Waals surface area contributed by atoms with Crippen LogP contribution in [0.1, 0.15) is 31.1 Å². The van der Waals surface area contributed by atoms with E-state index in [1.165, 1.54) is 12.1 Å². The van der Waals surface area contributed by atoms with Crippen molar-refractivity contribution < 1.29 is 22.7 Å². The van der Waals surface area contributed by atoms with Crippen molar-refractivity contribution in [3.05, 3.63) is 54.1 Å². The summed E-state index contributed by atoms with van der Waals surface area (Å²) in [5.41, 5.74) is 0.557. The molecule has 0 bridgehead atoms. The first-order chi connectivity index (χ1) is 13.8.